The highest BCUT2D eigenvalue weighted by Crippen LogP contribution is 2.36. The Hall–Kier alpha value is -2.02. The molecule has 30 heavy (non-hydrogen) atoms. The Morgan fingerprint density at radius 2 is 1.83 bits per heavy atom. The van der Waals surface area contributed by atoms with Gasteiger partial charge in [-0.1, -0.05) is 53.2 Å². The van der Waals surface area contributed by atoms with Gasteiger partial charge in [-0.2, -0.15) is 0 Å². The van der Waals surface area contributed by atoms with Crippen LogP contribution < -0.4 is 5.32 Å². The van der Waals surface area contributed by atoms with Crippen molar-refractivity contribution in [3.05, 3.63) is 97.7 Å². The van der Waals surface area contributed by atoms with Gasteiger partial charge in [-0.3, -0.25) is 10.3 Å². The summed E-state index contributed by atoms with van der Waals surface area (Å²) in [5, 5.41) is 14.0. The van der Waals surface area contributed by atoms with Crippen molar-refractivity contribution in [2.45, 2.75) is 32.0 Å². The van der Waals surface area contributed by atoms with Gasteiger partial charge >= 0.3 is 0 Å². The zero-order chi connectivity index (χ0) is 21.3. The zero-order valence-corrected chi connectivity index (χ0v) is 19.5. The number of hydrogen-bond donors (Lipinski definition) is 2. The molecule has 3 nitrogen and oxygen atoms in total. The van der Waals surface area contributed by atoms with Crippen LogP contribution in [0.3, 0.4) is 0 Å². The topological polar surface area (TPSA) is 44.6 Å². The van der Waals surface area contributed by atoms with Crippen molar-refractivity contribution < 1.29 is 9.50 Å². The van der Waals surface area contributed by atoms with Crippen LogP contribution in [0.15, 0.2) is 74.6 Å². The molecule has 2 N–H and O–H groups in total. The molecule has 0 fully saturated rings. The van der Waals surface area contributed by atoms with Gasteiger partial charge in [0.1, 0.15) is 17.7 Å². The number of aryl methyl sites for hydroxylation is 1. The minimum absolute atomic E-state index is 0.144. The van der Waals surface area contributed by atoms with Crippen molar-refractivity contribution in [3.63, 3.8) is 0 Å². The molecule has 1 aliphatic rings. The Kier molecular flexibility index (Phi) is 6.37. The zero-order valence-electron chi connectivity index (χ0n) is 16.4. The number of aromatic hydroxyl groups is 1. The lowest BCUT2D eigenvalue weighted by Gasteiger charge is -2.31. The fourth-order valence-electron chi connectivity index (χ4n) is 3.67. The Morgan fingerprint density at radius 3 is 2.53 bits per heavy atom. The number of benzene rings is 3. The highest BCUT2D eigenvalue weighted by molar-refractivity contribution is 9.10. The average molecular weight is 532 g/mol. The van der Waals surface area contributed by atoms with Crippen molar-refractivity contribution in [2.24, 2.45) is 4.99 Å². The maximum Gasteiger partial charge on any atom is 0.137 e. The van der Waals surface area contributed by atoms with E-state index < -0.39 is 0 Å². The Balaban J connectivity index is 1.77. The predicted octanol–water partition coefficient (Wildman–Crippen LogP) is 6.84. The van der Waals surface area contributed by atoms with E-state index in [1.165, 1.54) is 11.6 Å². The highest BCUT2D eigenvalue weighted by Gasteiger charge is 2.28. The van der Waals surface area contributed by atoms with Crippen LogP contribution in [0.2, 0.25) is 0 Å². The highest BCUT2D eigenvalue weighted by atomic mass is 79.9. The van der Waals surface area contributed by atoms with Crippen molar-refractivity contribution in [2.75, 3.05) is 0 Å². The van der Waals surface area contributed by atoms with Crippen LogP contribution >= 0.6 is 31.9 Å². The van der Waals surface area contributed by atoms with Gasteiger partial charge in [-0.15, -0.1) is 0 Å². The largest absolute Gasteiger partial charge is 0.508 e. The van der Waals surface area contributed by atoms with E-state index in [0.717, 1.165) is 33.3 Å². The molecule has 2 atom stereocenters. The number of halogens is 3. The summed E-state index contributed by atoms with van der Waals surface area (Å²) >= 11 is 6.77. The predicted molar refractivity (Wildman–Crippen MR) is 125 cm³/mol. The van der Waals surface area contributed by atoms with Gasteiger partial charge in [-0.25, -0.2) is 4.39 Å². The summed E-state index contributed by atoms with van der Waals surface area (Å²) in [4.78, 5) is 4.95. The summed E-state index contributed by atoms with van der Waals surface area (Å²) in [6.07, 6.45) is 1.25. The summed E-state index contributed by atoms with van der Waals surface area (Å²) in [7, 11) is 0. The van der Waals surface area contributed by atoms with Crippen LogP contribution in [0.5, 0.6) is 5.75 Å². The molecule has 0 radical (unpaired) electrons. The molecule has 154 valence electrons. The molecular weight excluding hydrogens is 511 g/mol. The van der Waals surface area contributed by atoms with Gasteiger partial charge in [0.2, 0.25) is 0 Å². The molecule has 3 aromatic rings. The van der Waals surface area contributed by atoms with Crippen LogP contribution in [0.25, 0.3) is 0 Å². The lowest BCUT2D eigenvalue weighted by Crippen LogP contribution is -2.33. The molecule has 0 unspecified atom stereocenters. The van der Waals surface area contributed by atoms with E-state index in [9.17, 15) is 9.50 Å². The Bertz CT molecular complexity index is 1100. The molecule has 0 amide bonds. The second-order valence-corrected chi connectivity index (χ2v) is 9.10. The van der Waals surface area contributed by atoms with Crippen molar-refractivity contribution in [1.29, 1.82) is 0 Å². The maximum atomic E-state index is 13.8. The van der Waals surface area contributed by atoms with E-state index in [-0.39, 0.29) is 23.8 Å². The van der Waals surface area contributed by atoms with Gasteiger partial charge in [-0.05, 0) is 69.4 Å². The maximum absolute atomic E-state index is 13.8. The van der Waals surface area contributed by atoms with Gasteiger partial charge in [0.15, 0.2) is 0 Å². The van der Waals surface area contributed by atoms with Crippen LogP contribution in [0.4, 0.5) is 4.39 Å². The Morgan fingerprint density at radius 1 is 1.07 bits per heavy atom. The number of phenolic OH excluding ortho intramolecular Hbond substituents is 1. The first-order chi connectivity index (χ1) is 14.4. The number of aliphatic imine (C=N–C) groups is 1. The smallest absolute Gasteiger partial charge is 0.137 e. The third-order valence-corrected chi connectivity index (χ3v) is 6.46. The number of hydrogen-bond acceptors (Lipinski definition) is 3. The SMILES string of the molecule is CCc1ccc(C2=N[C@@H](c3ccc(F)c(Br)c3)N[C@H](c3cc(Br)ccc3O)C2)cc1. The van der Waals surface area contributed by atoms with E-state index in [0.29, 0.717) is 10.9 Å². The summed E-state index contributed by atoms with van der Waals surface area (Å²) < 4.78 is 15.1. The van der Waals surface area contributed by atoms with Gasteiger partial charge < -0.3 is 5.11 Å². The molecule has 0 saturated heterocycles. The van der Waals surface area contributed by atoms with E-state index >= 15 is 0 Å². The molecule has 3 aromatic carbocycles. The lowest BCUT2D eigenvalue weighted by molar-refractivity contribution is 0.412. The summed E-state index contributed by atoms with van der Waals surface area (Å²) in [6.45, 7) is 2.13. The number of nitrogens with zero attached hydrogens (tertiary/aromatic N) is 1. The van der Waals surface area contributed by atoms with E-state index in [1.807, 2.05) is 12.1 Å². The number of nitrogens with one attached hydrogen (secondary N) is 1. The summed E-state index contributed by atoms with van der Waals surface area (Å²) in [6, 6.07) is 18.6. The third-order valence-electron chi connectivity index (χ3n) is 5.36. The van der Waals surface area contributed by atoms with Crippen molar-refractivity contribution >= 4 is 37.6 Å². The second-order valence-electron chi connectivity index (χ2n) is 7.33. The van der Waals surface area contributed by atoms with Crippen LogP contribution in [0.1, 0.15) is 47.8 Å². The Labute approximate surface area is 192 Å². The van der Waals surface area contributed by atoms with Gasteiger partial charge in [0.05, 0.1) is 4.47 Å². The fourth-order valence-corrected chi connectivity index (χ4v) is 4.45. The number of rotatable bonds is 4. The summed E-state index contributed by atoms with van der Waals surface area (Å²) in [5.41, 5.74) is 4.93. The minimum Gasteiger partial charge on any atom is -0.508 e. The fraction of sp³-hybridized carbons (Fsp3) is 0.208. The van der Waals surface area contributed by atoms with Crippen molar-refractivity contribution in [3.8, 4) is 5.75 Å². The molecule has 0 bridgehead atoms. The first-order valence-corrected chi connectivity index (χ1v) is 11.4. The first-order valence-electron chi connectivity index (χ1n) is 9.80. The number of phenols is 1. The molecule has 0 aliphatic carbocycles. The molecule has 0 spiro atoms. The van der Waals surface area contributed by atoms with E-state index in [2.05, 4.69) is 68.4 Å². The molecule has 0 aromatic heterocycles. The van der Waals surface area contributed by atoms with Crippen LogP contribution in [-0.4, -0.2) is 10.8 Å². The normalized spacial score (nSPS) is 18.9. The monoisotopic (exact) mass is 530 g/mol. The minimum atomic E-state index is -0.361. The summed E-state index contributed by atoms with van der Waals surface area (Å²) in [5.74, 6) is -0.0765. The molecule has 1 heterocycles. The first kappa shape index (κ1) is 21.2. The molecule has 4 rings (SSSR count). The molecule has 0 saturated carbocycles. The van der Waals surface area contributed by atoms with Crippen molar-refractivity contribution in [1.82, 2.24) is 5.32 Å². The van der Waals surface area contributed by atoms with Crippen LogP contribution in [0, 0.1) is 5.82 Å². The molecule has 6 heteroatoms. The second kappa shape index (κ2) is 9.00. The van der Waals surface area contributed by atoms with Crippen LogP contribution in [-0.2, 0) is 6.42 Å². The standard InChI is InChI=1S/C24H21Br2FN2O/c1-2-14-3-5-15(6-4-14)21-13-22(18-12-17(25)8-10-23(18)30)29-24(28-21)16-7-9-20(27)19(26)11-16/h3-12,22,24,29-30H,2,13H2,1H3/t22-,24+/m0/s1. The average Bonchev–Trinajstić information content (AvgIpc) is 2.77. The van der Waals surface area contributed by atoms with Gasteiger partial charge in [0.25, 0.3) is 0 Å². The van der Waals surface area contributed by atoms with E-state index in [1.54, 1.807) is 18.2 Å². The third kappa shape index (κ3) is 4.51. The van der Waals surface area contributed by atoms with E-state index in [4.69, 9.17) is 4.99 Å². The van der Waals surface area contributed by atoms with Gasteiger partial charge in [0, 0.05) is 28.2 Å². The molecule has 1 aliphatic heterocycles. The molecular formula is C24H21Br2FN2O. The lowest BCUT2D eigenvalue weighted by atomic mass is 9.93. The quantitative estimate of drug-likeness (QED) is 0.387.